The maximum Gasteiger partial charge on any atom is 0.290 e. The number of rotatable bonds is 2. The molecule has 1 aromatic carbocycles. The summed E-state index contributed by atoms with van der Waals surface area (Å²) in [7, 11) is -3.42. The maximum absolute atomic E-state index is 13.3. The molecule has 0 radical (unpaired) electrons. The van der Waals surface area contributed by atoms with E-state index in [4.69, 9.17) is 9.90 Å². The Bertz CT molecular complexity index is 735. The highest BCUT2D eigenvalue weighted by molar-refractivity contribution is 7.92. The van der Waals surface area contributed by atoms with Crippen molar-refractivity contribution in [1.29, 1.82) is 0 Å². The van der Waals surface area contributed by atoms with Crippen LogP contribution >= 0.6 is 0 Å². The highest BCUT2D eigenvalue weighted by atomic mass is 32.2. The molecule has 0 saturated carbocycles. The summed E-state index contributed by atoms with van der Waals surface area (Å²) in [5.41, 5.74) is 0.0649. The lowest BCUT2D eigenvalue weighted by atomic mass is 10.2. The van der Waals surface area contributed by atoms with Crippen molar-refractivity contribution in [3.63, 3.8) is 0 Å². The molecule has 9 heteroatoms. The molecule has 2 aromatic rings. The van der Waals surface area contributed by atoms with Crippen molar-refractivity contribution < 1.29 is 27.1 Å². The summed E-state index contributed by atoms with van der Waals surface area (Å²) in [6.07, 6.45) is 2.12. The molecule has 0 aliphatic carbocycles. The lowest BCUT2D eigenvalue weighted by Crippen LogP contribution is -2.09. The van der Waals surface area contributed by atoms with Crippen molar-refractivity contribution >= 4 is 33.1 Å². The number of aromatic nitrogens is 1. The van der Waals surface area contributed by atoms with Gasteiger partial charge in [0.15, 0.2) is 11.6 Å². The van der Waals surface area contributed by atoms with Crippen molar-refractivity contribution in [2.24, 2.45) is 0 Å². The molecule has 2 rings (SSSR count). The molecule has 0 bridgehead atoms. The van der Waals surface area contributed by atoms with Crippen LogP contribution in [0.1, 0.15) is 0 Å². The second-order valence-electron chi connectivity index (χ2n) is 3.64. The van der Waals surface area contributed by atoms with Gasteiger partial charge in [0.1, 0.15) is 5.52 Å². The van der Waals surface area contributed by atoms with E-state index < -0.39 is 21.7 Å². The van der Waals surface area contributed by atoms with Crippen molar-refractivity contribution in [2.45, 2.75) is 0 Å². The minimum Gasteiger partial charge on any atom is -0.483 e. The average Bonchev–Trinajstić information content (AvgIpc) is 2.33. The minimum absolute atomic E-state index is 0.135. The molecule has 6 nitrogen and oxygen atoms in total. The zero-order chi connectivity index (χ0) is 15.3. The topological polar surface area (TPSA) is 96.4 Å². The lowest BCUT2D eigenvalue weighted by Gasteiger charge is -2.05. The summed E-state index contributed by atoms with van der Waals surface area (Å²) in [5.74, 6) is -2.04. The Kier molecular flexibility index (Phi) is 4.92. The van der Waals surface area contributed by atoms with Crippen LogP contribution in [0, 0.1) is 11.6 Å². The summed E-state index contributed by atoms with van der Waals surface area (Å²) in [4.78, 5) is 12.0. The monoisotopic (exact) mass is 304 g/mol. The zero-order valence-corrected chi connectivity index (χ0v) is 11.0. The Morgan fingerprint density at radius 1 is 1.35 bits per heavy atom. The van der Waals surface area contributed by atoms with Gasteiger partial charge >= 0.3 is 0 Å². The van der Waals surface area contributed by atoms with Gasteiger partial charge in [-0.15, -0.1) is 0 Å². The minimum atomic E-state index is -3.42. The molecule has 0 fully saturated rings. The molecule has 0 saturated heterocycles. The fraction of sp³-hybridized carbons (Fsp3) is 0.0909. The van der Waals surface area contributed by atoms with Gasteiger partial charge in [-0.2, -0.15) is 0 Å². The van der Waals surface area contributed by atoms with E-state index in [1.807, 2.05) is 0 Å². The standard InChI is InChI=1S/C10H8F2N2O2S.CH2O2/c1-17(15,16)14-7-4-6-2-3-8(11)9(12)10(6)13-5-7;2-1-3/h2-5,14H,1H3;1H,(H,2,3). The number of hydrogen-bond donors (Lipinski definition) is 2. The number of benzene rings is 1. The molecule has 1 heterocycles. The molecule has 0 aliphatic heterocycles. The first-order chi connectivity index (χ1) is 9.28. The Hall–Kier alpha value is -2.29. The average molecular weight is 304 g/mol. The fourth-order valence-corrected chi connectivity index (χ4v) is 1.95. The number of anilines is 1. The summed E-state index contributed by atoms with van der Waals surface area (Å²) >= 11 is 0. The number of nitrogens with one attached hydrogen (secondary N) is 1. The maximum atomic E-state index is 13.3. The molecular weight excluding hydrogens is 294 g/mol. The molecule has 0 aliphatic rings. The molecule has 0 unspecified atom stereocenters. The number of fused-ring (bicyclic) bond motifs is 1. The van der Waals surface area contributed by atoms with Gasteiger partial charge in [0, 0.05) is 5.39 Å². The number of halogens is 2. The van der Waals surface area contributed by atoms with E-state index in [2.05, 4.69) is 9.71 Å². The van der Waals surface area contributed by atoms with Gasteiger partial charge in [0.2, 0.25) is 10.0 Å². The van der Waals surface area contributed by atoms with E-state index in [1.54, 1.807) is 0 Å². The Balaban J connectivity index is 0.000000612. The second-order valence-corrected chi connectivity index (χ2v) is 5.39. The molecule has 108 valence electrons. The quantitative estimate of drug-likeness (QED) is 0.821. The van der Waals surface area contributed by atoms with E-state index in [0.717, 1.165) is 18.5 Å². The smallest absolute Gasteiger partial charge is 0.290 e. The van der Waals surface area contributed by atoms with Crippen molar-refractivity contribution in [1.82, 2.24) is 4.98 Å². The van der Waals surface area contributed by atoms with Crippen LogP contribution in [-0.4, -0.2) is 31.2 Å². The number of pyridine rings is 1. The van der Waals surface area contributed by atoms with Gasteiger partial charge in [-0.05, 0) is 18.2 Å². The van der Waals surface area contributed by atoms with Gasteiger partial charge in [0.25, 0.3) is 6.47 Å². The van der Waals surface area contributed by atoms with Crippen LogP contribution < -0.4 is 4.72 Å². The van der Waals surface area contributed by atoms with Gasteiger partial charge in [-0.25, -0.2) is 17.2 Å². The van der Waals surface area contributed by atoms with Crippen LogP contribution in [0.3, 0.4) is 0 Å². The van der Waals surface area contributed by atoms with Gasteiger partial charge in [-0.3, -0.25) is 14.5 Å². The molecule has 0 spiro atoms. The normalized spacial score (nSPS) is 10.6. The van der Waals surface area contributed by atoms with Crippen LogP contribution in [0.2, 0.25) is 0 Å². The third-order valence-electron chi connectivity index (χ3n) is 2.05. The predicted octanol–water partition coefficient (Wildman–Crippen LogP) is 1.59. The number of carbonyl (C=O) groups is 1. The van der Waals surface area contributed by atoms with Crippen LogP contribution in [0.4, 0.5) is 14.5 Å². The first-order valence-electron chi connectivity index (χ1n) is 5.08. The van der Waals surface area contributed by atoms with E-state index >= 15 is 0 Å². The van der Waals surface area contributed by atoms with Crippen LogP contribution in [0.5, 0.6) is 0 Å². The first-order valence-corrected chi connectivity index (χ1v) is 6.97. The Labute approximate surface area is 113 Å². The number of nitrogens with zero attached hydrogens (tertiary/aromatic N) is 1. The summed E-state index contributed by atoms with van der Waals surface area (Å²) in [6.45, 7) is -0.250. The van der Waals surface area contributed by atoms with Gasteiger partial charge < -0.3 is 5.11 Å². The van der Waals surface area contributed by atoms with Crippen LogP contribution in [-0.2, 0) is 14.8 Å². The first kappa shape index (κ1) is 15.8. The van der Waals surface area contributed by atoms with Crippen LogP contribution in [0.25, 0.3) is 10.9 Å². The van der Waals surface area contributed by atoms with E-state index in [1.165, 1.54) is 12.1 Å². The Morgan fingerprint density at radius 2 is 1.95 bits per heavy atom. The van der Waals surface area contributed by atoms with Crippen LogP contribution in [0.15, 0.2) is 24.4 Å². The highest BCUT2D eigenvalue weighted by Gasteiger charge is 2.09. The number of hydrogen-bond acceptors (Lipinski definition) is 4. The zero-order valence-electron chi connectivity index (χ0n) is 10.2. The molecular formula is C11H10F2N2O4S. The van der Waals surface area contributed by atoms with Crippen molar-refractivity contribution in [2.75, 3.05) is 11.0 Å². The molecule has 2 N–H and O–H groups in total. The highest BCUT2D eigenvalue weighted by Crippen LogP contribution is 2.21. The van der Waals surface area contributed by atoms with Crippen molar-refractivity contribution in [3.8, 4) is 0 Å². The predicted molar refractivity (Wildman–Crippen MR) is 68.8 cm³/mol. The molecule has 0 amide bonds. The van der Waals surface area contributed by atoms with E-state index in [-0.39, 0.29) is 17.7 Å². The lowest BCUT2D eigenvalue weighted by molar-refractivity contribution is -0.122. The molecule has 20 heavy (non-hydrogen) atoms. The third kappa shape index (κ3) is 4.12. The summed E-state index contributed by atoms with van der Waals surface area (Å²) in [5, 5.41) is 7.21. The Morgan fingerprint density at radius 3 is 2.50 bits per heavy atom. The second kappa shape index (κ2) is 6.24. The summed E-state index contributed by atoms with van der Waals surface area (Å²) in [6, 6.07) is 3.67. The third-order valence-corrected chi connectivity index (χ3v) is 2.65. The van der Waals surface area contributed by atoms with Gasteiger partial charge in [0.05, 0.1) is 18.1 Å². The number of sulfonamides is 1. The van der Waals surface area contributed by atoms with Crippen molar-refractivity contribution in [3.05, 3.63) is 36.0 Å². The molecule has 1 aromatic heterocycles. The van der Waals surface area contributed by atoms with E-state index in [0.29, 0.717) is 5.39 Å². The molecule has 0 atom stereocenters. The summed E-state index contributed by atoms with van der Waals surface area (Å²) < 4.78 is 50.4. The SMILES string of the molecule is CS(=O)(=O)Nc1cnc2c(F)c(F)ccc2c1.O=CO. The fourth-order valence-electron chi connectivity index (χ4n) is 1.41. The largest absolute Gasteiger partial charge is 0.483 e. The van der Waals surface area contributed by atoms with E-state index in [9.17, 15) is 17.2 Å². The number of carboxylic acid groups (broad SMARTS) is 1. The van der Waals surface area contributed by atoms with Gasteiger partial charge in [-0.1, -0.05) is 0 Å².